The summed E-state index contributed by atoms with van der Waals surface area (Å²) in [5.41, 5.74) is 10.8. The molecule has 2 aromatic carbocycles. The molecule has 136 valence electrons. The molecule has 0 spiro atoms. The highest BCUT2D eigenvalue weighted by atomic mass is 16.5. The SMILES string of the molecule is COc1ccc(-c2oc3ncnc(N)c3c2-c2ccc(C(C)C)cc2)cc1. The van der Waals surface area contributed by atoms with E-state index in [9.17, 15) is 0 Å². The minimum atomic E-state index is 0.409. The maximum Gasteiger partial charge on any atom is 0.232 e. The van der Waals surface area contributed by atoms with Gasteiger partial charge in [0.05, 0.1) is 12.5 Å². The van der Waals surface area contributed by atoms with Gasteiger partial charge in [-0.05, 0) is 41.3 Å². The van der Waals surface area contributed by atoms with Crippen LogP contribution < -0.4 is 10.5 Å². The Morgan fingerprint density at radius 3 is 2.22 bits per heavy atom. The van der Waals surface area contributed by atoms with Gasteiger partial charge in [-0.25, -0.2) is 9.97 Å². The lowest BCUT2D eigenvalue weighted by Crippen LogP contribution is -1.93. The van der Waals surface area contributed by atoms with Gasteiger partial charge in [-0.3, -0.25) is 0 Å². The Bertz CT molecular complexity index is 1080. The van der Waals surface area contributed by atoms with Crippen LogP contribution in [0.1, 0.15) is 25.3 Å². The third-order valence-electron chi connectivity index (χ3n) is 4.74. The number of nitrogens with zero attached hydrogens (tertiary/aromatic N) is 2. The van der Waals surface area contributed by atoms with Crippen molar-refractivity contribution in [1.82, 2.24) is 9.97 Å². The van der Waals surface area contributed by atoms with Crippen molar-refractivity contribution in [3.63, 3.8) is 0 Å². The number of nitrogen functional groups attached to an aromatic ring is 1. The first-order valence-corrected chi connectivity index (χ1v) is 8.86. The Morgan fingerprint density at radius 2 is 1.59 bits per heavy atom. The molecule has 0 saturated carbocycles. The van der Waals surface area contributed by atoms with E-state index in [4.69, 9.17) is 14.9 Å². The van der Waals surface area contributed by atoms with E-state index < -0.39 is 0 Å². The molecule has 0 saturated heterocycles. The molecule has 0 aliphatic rings. The Morgan fingerprint density at radius 1 is 0.926 bits per heavy atom. The molecule has 4 aromatic rings. The summed E-state index contributed by atoms with van der Waals surface area (Å²) in [6.07, 6.45) is 1.42. The van der Waals surface area contributed by atoms with Crippen molar-refractivity contribution >= 4 is 16.9 Å². The van der Waals surface area contributed by atoms with E-state index in [1.54, 1.807) is 7.11 Å². The quantitative estimate of drug-likeness (QED) is 0.537. The summed E-state index contributed by atoms with van der Waals surface area (Å²) in [5.74, 6) is 2.38. The van der Waals surface area contributed by atoms with Gasteiger partial charge in [0.1, 0.15) is 23.7 Å². The highest BCUT2D eigenvalue weighted by molar-refractivity contribution is 6.05. The van der Waals surface area contributed by atoms with Crippen LogP contribution in [-0.4, -0.2) is 17.1 Å². The molecule has 0 aliphatic heterocycles. The Hall–Kier alpha value is -3.34. The van der Waals surface area contributed by atoms with E-state index in [2.05, 4.69) is 48.1 Å². The van der Waals surface area contributed by atoms with Gasteiger partial charge in [0.25, 0.3) is 0 Å². The number of fused-ring (bicyclic) bond motifs is 1. The maximum absolute atomic E-state index is 6.18. The van der Waals surface area contributed by atoms with E-state index in [0.29, 0.717) is 17.4 Å². The molecule has 0 atom stereocenters. The highest BCUT2D eigenvalue weighted by Crippen LogP contribution is 2.42. The van der Waals surface area contributed by atoms with Crippen LogP contribution >= 0.6 is 0 Å². The number of methoxy groups -OCH3 is 1. The zero-order valence-electron chi connectivity index (χ0n) is 15.6. The van der Waals surface area contributed by atoms with Crippen molar-refractivity contribution in [2.45, 2.75) is 19.8 Å². The lowest BCUT2D eigenvalue weighted by molar-refractivity contribution is 0.415. The first-order valence-electron chi connectivity index (χ1n) is 8.86. The number of benzene rings is 2. The van der Waals surface area contributed by atoms with Crippen LogP contribution in [0.2, 0.25) is 0 Å². The van der Waals surface area contributed by atoms with E-state index in [1.807, 2.05) is 24.3 Å². The van der Waals surface area contributed by atoms with Crippen LogP contribution in [0.5, 0.6) is 5.75 Å². The van der Waals surface area contributed by atoms with Crippen molar-refractivity contribution in [3.8, 4) is 28.2 Å². The average molecular weight is 359 g/mol. The van der Waals surface area contributed by atoms with E-state index in [0.717, 1.165) is 33.6 Å². The topological polar surface area (TPSA) is 74.2 Å². The fourth-order valence-electron chi connectivity index (χ4n) is 3.21. The number of hydrogen-bond acceptors (Lipinski definition) is 5. The maximum atomic E-state index is 6.18. The number of ether oxygens (including phenoxy) is 1. The van der Waals surface area contributed by atoms with Crippen LogP contribution in [0, 0.1) is 0 Å². The molecule has 0 aliphatic carbocycles. The molecule has 2 heterocycles. The third-order valence-corrected chi connectivity index (χ3v) is 4.74. The number of rotatable bonds is 4. The third kappa shape index (κ3) is 3.01. The first kappa shape index (κ1) is 17.1. The predicted molar refractivity (Wildman–Crippen MR) is 108 cm³/mol. The summed E-state index contributed by atoms with van der Waals surface area (Å²) >= 11 is 0. The van der Waals surface area contributed by atoms with Crippen molar-refractivity contribution in [2.24, 2.45) is 0 Å². The molecule has 0 radical (unpaired) electrons. The lowest BCUT2D eigenvalue weighted by atomic mass is 9.96. The monoisotopic (exact) mass is 359 g/mol. The largest absolute Gasteiger partial charge is 0.497 e. The van der Waals surface area contributed by atoms with Crippen LogP contribution in [0.25, 0.3) is 33.6 Å². The number of furan rings is 1. The lowest BCUT2D eigenvalue weighted by Gasteiger charge is -2.08. The summed E-state index contributed by atoms with van der Waals surface area (Å²) < 4.78 is 11.4. The van der Waals surface area contributed by atoms with Crippen molar-refractivity contribution in [2.75, 3.05) is 12.8 Å². The predicted octanol–water partition coefficient (Wildman–Crippen LogP) is 5.27. The van der Waals surface area contributed by atoms with Crippen molar-refractivity contribution in [3.05, 3.63) is 60.4 Å². The summed E-state index contributed by atoms with van der Waals surface area (Å²) in [6, 6.07) is 16.2. The zero-order chi connectivity index (χ0) is 19.0. The minimum Gasteiger partial charge on any atom is -0.497 e. The number of anilines is 1. The fourth-order valence-corrected chi connectivity index (χ4v) is 3.21. The van der Waals surface area contributed by atoms with Gasteiger partial charge in [-0.2, -0.15) is 0 Å². The standard InChI is InChI=1S/C22H21N3O2/c1-13(2)14-4-6-15(7-5-14)18-19-21(23)24-12-25-22(19)27-20(18)16-8-10-17(26-3)11-9-16/h4-13H,1-3H3,(H2,23,24,25). The van der Waals surface area contributed by atoms with Gasteiger partial charge < -0.3 is 14.9 Å². The zero-order valence-corrected chi connectivity index (χ0v) is 15.6. The van der Waals surface area contributed by atoms with Crippen LogP contribution in [0.15, 0.2) is 59.3 Å². The van der Waals surface area contributed by atoms with Gasteiger partial charge in [-0.15, -0.1) is 0 Å². The van der Waals surface area contributed by atoms with E-state index in [-0.39, 0.29) is 0 Å². The molecule has 2 N–H and O–H groups in total. The molecule has 0 fully saturated rings. The second-order valence-electron chi connectivity index (χ2n) is 6.75. The van der Waals surface area contributed by atoms with Crippen LogP contribution in [0.3, 0.4) is 0 Å². The van der Waals surface area contributed by atoms with Crippen LogP contribution in [0.4, 0.5) is 5.82 Å². The smallest absolute Gasteiger partial charge is 0.232 e. The Labute approximate surface area is 157 Å². The first-order chi connectivity index (χ1) is 13.1. The number of hydrogen-bond donors (Lipinski definition) is 1. The van der Waals surface area contributed by atoms with Gasteiger partial charge >= 0.3 is 0 Å². The highest BCUT2D eigenvalue weighted by Gasteiger charge is 2.21. The van der Waals surface area contributed by atoms with Crippen molar-refractivity contribution < 1.29 is 9.15 Å². The molecular formula is C22H21N3O2. The Balaban J connectivity index is 1.96. The number of nitrogens with two attached hydrogens (primary N) is 1. The summed E-state index contributed by atoms with van der Waals surface area (Å²) in [5, 5.41) is 0.737. The molecule has 2 aromatic heterocycles. The molecular weight excluding hydrogens is 338 g/mol. The molecule has 0 unspecified atom stereocenters. The number of aromatic nitrogens is 2. The fraction of sp³-hybridized carbons (Fsp3) is 0.182. The van der Waals surface area contributed by atoms with E-state index in [1.165, 1.54) is 11.9 Å². The molecule has 0 bridgehead atoms. The summed E-state index contributed by atoms with van der Waals surface area (Å²) in [6.45, 7) is 4.35. The van der Waals surface area contributed by atoms with Gasteiger partial charge in [0, 0.05) is 11.1 Å². The molecule has 4 rings (SSSR count). The summed E-state index contributed by atoms with van der Waals surface area (Å²) in [4.78, 5) is 8.43. The molecule has 5 heteroatoms. The van der Waals surface area contributed by atoms with Gasteiger partial charge in [0.15, 0.2) is 0 Å². The van der Waals surface area contributed by atoms with Crippen molar-refractivity contribution in [1.29, 1.82) is 0 Å². The van der Waals surface area contributed by atoms with Gasteiger partial charge in [0.2, 0.25) is 5.71 Å². The van der Waals surface area contributed by atoms with E-state index >= 15 is 0 Å². The van der Waals surface area contributed by atoms with Gasteiger partial charge in [-0.1, -0.05) is 38.1 Å². The average Bonchev–Trinajstić information content (AvgIpc) is 3.09. The summed E-state index contributed by atoms with van der Waals surface area (Å²) in [7, 11) is 1.65. The Kier molecular flexibility index (Phi) is 4.28. The molecule has 0 amide bonds. The second-order valence-corrected chi connectivity index (χ2v) is 6.75. The van der Waals surface area contributed by atoms with Crippen LogP contribution in [-0.2, 0) is 0 Å². The molecule has 5 nitrogen and oxygen atoms in total. The second kappa shape index (κ2) is 6.76. The normalized spacial score (nSPS) is 11.3. The minimum absolute atomic E-state index is 0.409. The molecule has 27 heavy (non-hydrogen) atoms.